The lowest BCUT2D eigenvalue weighted by Gasteiger charge is -2.14. The summed E-state index contributed by atoms with van der Waals surface area (Å²) in [6.07, 6.45) is 0. The van der Waals surface area contributed by atoms with Crippen LogP contribution in [0.4, 0.5) is 5.69 Å². The van der Waals surface area contributed by atoms with Gasteiger partial charge in [-0.3, -0.25) is 4.79 Å². The molecule has 2 aromatic carbocycles. The van der Waals surface area contributed by atoms with Crippen molar-refractivity contribution >= 4 is 17.6 Å². The van der Waals surface area contributed by atoms with Gasteiger partial charge < -0.3 is 19.5 Å². The number of rotatable bonds is 9. The topological polar surface area (TPSA) is 73.9 Å². The monoisotopic (exact) mass is 371 g/mol. The van der Waals surface area contributed by atoms with Crippen molar-refractivity contribution < 1.29 is 23.8 Å². The number of hydrogen-bond acceptors (Lipinski definition) is 5. The molecule has 0 atom stereocenters. The maximum absolute atomic E-state index is 12.0. The summed E-state index contributed by atoms with van der Waals surface area (Å²) < 4.78 is 16.0. The summed E-state index contributed by atoms with van der Waals surface area (Å²) in [4.78, 5) is 23.9. The minimum Gasteiger partial charge on any atom is -0.492 e. The Morgan fingerprint density at radius 3 is 2.30 bits per heavy atom. The van der Waals surface area contributed by atoms with Crippen molar-refractivity contribution in [3.8, 4) is 11.5 Å². The highest BCUT2D eigenvalue weighted by molar-refractivity contribution is 5.94. The number of benzene rings is 2. The van der Waals surface area contributed by atoms with E-state index in [-0.39, 0.29) is 12.5 Å². The fourth-order valence-electron chi connectivity index (χ4n) is 2.45. The summed E-state index contributed by atoms with van der Waals surface area (Å²) in [5, 5.41) is 2.67. The van der Waals surface area contributed by atoms with Crippen LogP contribution in [0.25, 0.3) is 0 Å². The number of ether oxygens (including phenoxy) is 3. The van der Waals surface area contributed by atoms with E-state index in [1.54, 1.807) is 24.3 Å². The highest BCUT2D eigenvalue weighted by Gasteiger charge is 2.13. The average Bonchev–Trinajstić information content (AvgIpc) is 2.66. The molecule has 0 unspecified atom stereocenters. The molecule has 0 aliphatic rings. The van der Waals surface area contributed by atoms with Crippen molar-refractivity contribution in [1.82, 2.24) is 0 Å². The van der Waals surface area contributed by atoms with Crippen molar-refractivity contribution in [2.24, 2.45) is 0 Å². The quantitative estimate of drug-likeness (QED) is 0.679. The van der Waals surface area contributed by atoms with E-state index in [0.29, 0.717) is 23.8 Å². The van der Waals surface area contributed by atoms with Gasteiger partial charge >= 0.3 is 5.97 Å². The molecule has 0 aliphatic heterocycles. The van der Waals surface area contributed by atoms with Crippen LogP contribution >= 0.6 is 0 Å². The SMILES string of the molecule is CCOc1ccccc1NC(=O)COC(=O)COc1ccccc1C(C)C. The van der Waals surface area contributed by atoms with E-state index in [9.17, 15) is 9.59 Å². The van der Waals surface area contributed by atoms with Crippen LogP contribution in [-0.4, -0.2) is 31.7 Å². The van der Waals surface area contributed by atoms with E-state index in [4.69, 9.17) is 14.2 Å². The Kier molecular flexibility index (Phi) is 7.67. The average molecular weight is 371 g/mol. The summed E-state index contributed by atoms with van der Waals surface area (Å²) in [6, 6.07) is 14.6. The van der Waals surface area contributed by atoms with Crippen molar-refractivity contribution in [1.29, 1.82) is 0 Å². The second-order valence-corrected chi connectivity index (χ2v) is 6.12. The van der Waals surface area contributed by atoms with Gasteiger partial charge in [-0.25, -0.2) is 4.79 Å². The molecule has 0 radical (unpaired) electrons. The Morgan fingerprint density at radius 2 is 1.59 bits per heavy atom. The molecule has 0 bridgehead atoms. The third-order valence-electron chi connectivity index (χ3n) is 3.71. The van der Waals surface area contributed by atoms with E-state index < -0.39 is 18.5 Å². The van der Waals surface area contributed by atoms with Crippen molar-refractivity contribution in [3.05, 3.63) is 54.1 Å². The first-order valence-corrected chi connectivity index (χ1v) is 8.90. The maximum atomic E-state index is 12.0. The first kappa shape index (κ1) is 20.3. The Balaban J connectivity index is 1.81. The first-order valence-electron chi connectivity index (χ1n) is 8.90. The van der Waals surface area contributed by atoms with Crippen LogP contribution in [0, 0.1) is 0 Å². The fourth-order valence-corrected chi connectivity index (χ4v) is 2.45. The van der Waals surface area contributed by atoms with Crippen molar-refractivity contribution in [2.75, 3.05) is 25.1 Å². The number of amides is 1. The molecule has 144 valence electrons. The third kappa shape index (κ3) is 6.33. The molecular formula is C21H25NO5. The van der Waals surface area contributed by atoms with Crippen LogP contribution in [-0.2, 0) is 14.3 Å². The lowest BCUT2D eigenvalue weighted by Crippen LogP contribution is -2.24. The van der Waals surface area contributed by atoms with E-state index >= 15 is 0 Å². The van der Waals surface area contributed by atoms with Gasteiger partial charge in [0.1, 0.15) is 11.5 Å². The molecule has 1 N–H and O–H groups in total. The van der Waals surface area contributed by atoms with E-state index in [0.717, 1.165) is 5.56 Å². The largest absolute Gasteiger partial charge is 0.492 e. The summed E-state index contributed by atoms with van der Waals surface area (Å²) in [5.41, 5.74) is 1.54. The molecule has 6 heteroatoms. The molecule has 0 saturated carbocycles. The van der Waals surface area contributed by atoms with Gasteiger partial charge in [0, 0.05) is 0 Å². The molecule has 1 amide bonds. The van der Waals surface area contributed by atoms with Gasteiger partial charge in [-0.15, -0.1) is 0 Å². The number of nitrogens with one attached hydrogen (secondary N) is 1. The van der Waals surface area contributed by atoms with Crippen LogP contribution in [0.1, 0.15) is 32.3 Å². The van der Waals surface area contributed by atoms with E-state index in [2.05, 4.69) is 5.32 Å². The van der Waals surface area contributed by atoms with Gasteiger partial charge in [0.05, 0.1) is 12.3 Å². The second kappa shape index (κ2) is 10.2. The normalized spacial score (nSPS) is 10.4. The predicted molar refractivity (Wildman–Crippen MR) is 103 cm³/mol. The van der Waals surface area contributed by atoms with Crippen LogP contribution < -0.4 is 14.8 Å². The van der Waals surface area contributed by atoms with Crippen molar-refractivity contribution in [2.45, 2.75) is 26.7 Å². The Labute approximate surface area is 159 Å². The number of hydrogen-bond donors (Lipinski definition) is 1. The zero-order valence-corrected chi connectivity index (χ0v) is 15.9. The number of carbonyl (C=O) groups is 2. The zero-order valence-electron chi connectivity index (χ0n) is 15.9. The number of anilines is 1. The lowest BCUT2D eigenvalue weighted by atomic mass is 10.0. The predicted octanol–water partition coefficient (Wildman–Crippen LogP) is 3.77. The standard InChI is InChI=1S/C21H25NO5/c1-4-25-19-12-8-6-10-17(19)22-20(23)13-27-21(24)14-26-18-11-7-5-9-16(18)15(2)3/h5-12,15H,4,13-14H2,1-3H3,(H,22,23). The minimum absolute atomic E-state index is 0.257. The highest BCUT2D eigenvalue weighted by Crippen LogP contribution is 2.26. The van der Waals surface area contributed by atoms with Gasteiger partial charge in [-0.2, -0.15) is 0 Å². The van der Waals surface area contributed by atoms with Gasteiger partial charge in [-0.05, 0) is 36.6 Å². The van der Waals surface area contributed by atoms with E-state index in [1.807, 2.05) is 45.0 Å². The van der Waals surface area contributed by atoms with Gasteiger partial charge in [0.15, 0.2) is 13.2 Å². The molecule has 0 aliphatic carbocycles. The van der Waals surface area contributed by atoms with Gasteiger partial charge in [-0.1, -0.05) is 44.2 Å². The maximum Gasteiger partial charge on any atom is 0.344 e. The minimum atomic E-state index is -0.609. The molecule has 27 heavy (non-hydrogen) atoms. The molecule has 0 aromatic heterocycles. The molecule has 6 nitrogen and oxygen atoms in total. The summed E-state index contributed by atoms with van der Waals surface area (Å²) in [5.74, 6) is 0.418. The molecule has 2 rings (SSSR count). The molecule has 0 heterocycles. The summed E-state index contributed by atoms with van der Waals surface area (Å²) in [6.45, 7) is 5.78. The lowest BCUT2D eigenvalue weighted by molar-refractivity contribution is -0.149. The Hall–Kier alpha value is -3.02. The van der Waals surface area contributed by atoms with Crippen molar-refractivity contribution in [3.63, 3.8) is 0 Å². The molecule has 0 fully saturated rings. The van der Waals surface area contributed by atoms with E-state index in [1.165, 1.54) is 0 Å². The first-order chi connectivity index (χ1) is 13.0. The fraction of sp³-hybridized carbons (Fsp3) is 0.333. The van der Waals surface area contributed by atoms with Crippen LogP contribution in [0.5, 0.6) is 11.5 Å². The highest BCUT2D eigenvalue weighted by atomic mass is 16.6. The molecule has 2 aromatic rings. The van der Waals surface area contributed by atoms with Crippen LogP contribution in [0.15, 0.2) is 48.5 Å². The summed E-state index contributed by atoms with van der Waals surface area (Å²) in [7, 11) is 0. The smallest absolute Gasteiger partial charge is 0.344 e. The Morgan fingerprint density at radius 1 is 0.926 bits per heavy atom. The molecule has 0 saturated heterocycles. The van der Waals surface area contributed by atoms with Crippen LogP contribution in [0.3, 0.4) is 0 Å². The third-order valence-corrected chi connectivity index (χ3v) is 3.71. The van der Waals surface area contributed by atoms with Gasteiger partial charge in [0.2, 0.25) is 0 Å². The number of esters is 1. The molecular weight excluding hydrogens is 346 g/mol. The Bertz CT molecular complexity index is 773. The molecule has 0 spiro atoms. The number of para-hydroxylation sites is 3. The zero-order chi connectivity index (χ0) is 19.6. The summed E-state index contributed by atoms with van der Waals surface area (Å²) >= 11 is 0. The van der Waals surface area contributed by atoms with Gasteiger partial charge in [0.25, 0.3) is 5.91 Å². The van der Waals surface area contributed by atoms with Crippen LogP contribution in [0.2, 0.25) is 0 Å². The number of carbonyl (C=O) groups excluding carboxylic acids is 2. The second-order valence-electron chi connectivity index (χ2n) is 6.12.